The lowest BCUT2D eigenvalue weighted by Crippen LogP contribution is -2.06. The fourth-order valence-corrected chi connectivity index (χ4v) is 3.29. The minimum Gasteiger partial charge on any atom is -0.465 e. The smallest absolute Gasteiger partial charge is 0.337 e. The van der Waals surface area contributed by atoms with E-state index in [2.05, 4.69) is 6.92 Å². The van der Waals surface area contributed by atoms with Gasteiger partial charge in [0.1, 0.15) is 11.3 Å². The largest absolute Gasteiger partial charge is 0.465 e. The van der Waals surface area contributed by atoms with Crippen LogP contribution in [0.2, 0.25) is 0 Å². The first-order valence-electron chi connectivity index (χ1n) is 9.56. The molecule has 2 N–H and O–H groups in total. The molecule has 5 nitrogen and oxygen atoms in total. The Labute approximate surface area is 164 Å². The normalized spacial score (nSPS) is 11.0. The average molecular weight is 379 g/mol. The van der Waals surface area contributed by atoms with Gasteiger partial charge < -0.3 is 14.9 Å². The van der Waals surface area contributed by atoms with Gasteiger partial charge in [0.05, 0.1) is 18.2 Å². The van der Waals surface area contributed by atoms with Gasteiger partial charge in [-0.05, 0) is 43.1 Å². The summed E-state index contributed by atoms with van der Waals surface area (Å²) in [5, 5.41) is 0.644. The molecule has 5 heteroatoms. The molecule has 3 aromatic rings. The lowest BCUT2D eigenvalue weighted by atomic mass is 9.96. The molecule has 0 spiro atoms. The lowest BCUT2D eigenvalue weighted by Gasteiger charge is -2.05. The molecular formula is C23H25NO4. The topological polar surface area (TPSA) is 82.5 Å². The van der Waals surface area contributed by atoms with Crippen LogP contribution >= 0.6 is 0 Å². The van der Waals surface area contributed by atoms with Crippen LogP contribution in [0.3, 0.4) is 0 Å². The van der Waals surface area contributed by atoms with Crippen LogP contribution in [0.1, 0.15) is 57.4 Å². The van der Waals surface area contributed by atoms with Gasteiger partial charge in [-0.15, -0.1) is 0 Å². The molecule has 0 fully saturated rings. The average Bonchev–Trinajstić information content (AvgIpc) is 3.09. The number of methoxy groups -OCH3 is 1. The molecule has 0 aliphatic carbocycles. The summed E-state index contributed by atoms with van der Waals surface area (Å²) in [6.45, 7) is 2.66. The minimum absolute atomic E-state index is 0.105. The van der Waals surface area contributed by atoms with Crippen LogP contribution in [-0.2, 0) is 17.6 Å². The summed E-state index contributed by atoms with van der Waals surface area (Å²) in [6, 6.07) is 12.5. The summed E-state index contributed by atoms with van der Waals surface area (Å²) >= 11 is 0. The number of hydrogen-bond donors (Lipinski definition) is 1. The van der Waals surface area contributed by atoms with E-state index in [0.717, 1.165) is 24.8 Å². The summed E-state index contributed by atoms with van der Waals surface area (Å²) in [6.07, 6.45) is 3.35. The van der Waals surface area contributed by atoms with Crippen molar-refractivity contribution in [2.75, 3.05) is 13.7 Å². The molecule has 0 saturated heterocycles. The Balaban J connectivity index is 2.09. The number of aryl methyl sites for hydroxylation is 1. The van der Waals surface area contributed by atoms with Gasteiger partial charge in [-0.3, -0.25) is 4.79 Å². The zero-order chi connectivity index (χ0) is 20.1. The number of carbonyl (C=O) groups excluding carboxylic acids is 2. The molecule has 0 radical (unpaired) electrons. The molecule has 3 rings (SSSR count). The number of ketones is 1. The first-order chi connectivity index (χ1) is 13.6. The maximum Gasteiger partial charge on any atom is 0.337 e. The van der Waals surface area contributed by atoms with Crippen molar-refractivity contribution < 1.29 is 18.7 Å². The highest BCUT2D eigenvalue weighted by Crippen LogP contribution is 2.30. The van der Waals surface area contributed by atoms with Gasteiger partial charge in [0, 0.05) is 17.4 Å². The van der Waals surface area contributed by atoms with Crippen LogP contribution in [0.15, 0.2) is 46.9 Å². The Bertz CT molecular complexity index is 986. The molecule has 0 amide bonds. The van der Waals surface area contributed by atoms with Gasteiger partial charge in [-0.25, -0.2) is 4.79 Å². The molecule has 0 unspecified atom stereocenters. The zero-order valence-corrected chi connectivity index (χ0v) is 16.3. The third-order valence-corrected chi connectivity index (χ3v) is 4.82. The molecule has 0 atom stereocenters. The second-order valence-corrected chi connectivity index (χ2v) is 6.77. The SMILES string of the molecule is CCCCc1oc2ccc(C(=O)OC)cc2c1C(=O)c1ccc(CCN)cc1. The predicted molar refractivity (Wildman–Crippen MR) is 109 cm³/mol. The molecule has 0 saturated carbocycles. The van der Waals surface area contributed by atoms with Gasteiger partial charge in [-0.1, -0.05) is 37.6 Å². The van der Waals surface area contributed by atoms with E-state index in [0.29, 0.717) is 46.4 Å². The van der Waals surface area contributed by atoms with Gasteiger partial charge in [0.25, 0.3) is 0 Å². The van der Waals surface area contributed by atoms with Crippen LogP contribution in [0.25, 0.3) is 11.0 Å². The van der Waals surface area contributed by atoms with Crippen molar-refractivity contribution in [1.29, 1.82) is 0 Å². The van der Waals surface area contributed by atoms with Crippen molar-refractivity contribution in [2.24, 2.45) is 5.73 Å². The molecule has 146 valence electrons. The number of rotatable bonds is 8. The highest BCUT2D eigenvalue weighted by atomic mass is 16.5. The fraction of sp³-hybridized carbons (Fsp3) is 0.304. The number of hydrogen-bond acceptors (Lipinski definition) is 5. The Morgan fingerprint density at radius 3 is 2.39 bits per heavy atom. The van der Waals surface area contributed by atoms with Gasteiger partial charge in [0.2, 0.25) is 0 Å². The Hall–Kier alpha value is -2.92. The minimum atomic E-state index is -0.442. The summed E-state index contributed by atoms with van der Waals surface area (Å²) in [7, 11) is 1.34. The quantitative estimate of drug-likeness (QED) is 0.466. The molecule has 1 heterocycles. The third kappa shape index (κ3) is 3.99. The Kier molecular flexibility index (Phi) is 6.26. The first kappa shape index (κ1) is 19.8. The number of unbranched alkanes of at least 4 members (excludes halogenated alkanes) is 1. The summed E-state index contributed by atoms with van der Waals surface area (Å²) in [5.74, 6) is 0.115. The number of esters is 1. The van der Waals surface area contributed by atoms with Crippen LogP contribution in [0, 0.1) is 0 Å². The van der Waals surface area contributed by atoms with Crippen LogP contribution in [-0.4, -0.2) is 25.4 Å². The highest BCUT2D eigenvalue weighted by Gasteiger charge is 2.23. The zero-order valence-electron chi connectivity index (χ0n) is 16.3. The van der Waals surface area contributed by atoms with Crippen molar-refractivity contribution in [3.63, 3.8) is 0 Å². The Morgan fingerprint density at radius 1 is 1.04 bits per heavy atom. The van der Waals surface area contributed by atoms with Crippen molar-refractivity contribution >= 4 is 22.7 Å². The van der Waals surface area contributed by atoms with Crippen molar-refractivity contribution in [1.82, 2.24) is 0 Å². The van der Waals surface area contributed by atoms with Crippen molar-refractivity contribution in [3.8, 4) is 0 Å². The van der Waals surface area contributed by atoms with E-state index in [4.69, 9.17) is 14.9 Å². The van der Waals surface area contributed by atoms with Crippen LogP contribution in [0.4, 0.5) is 0 Å². The number of ether oxygens (including phenoxy) is 1. The number of fused-ring (bicyclic) bond motifs is 1. The number of benzene rings is 2. The standard InChI is InChI=1S/C23H25NO4/c1-3-4-5-20-21(22(25)16-8-6-15(7-9-16)12-13-24)18-14-17(23(26)27-2)10-11-19(18)28-20/h6-11,14H,3-5,12-13,24H2,1-2H3. The van der Waals surface area contributed by atoms with Gasteiger partial charge in [0.15, 0.2) is 5.78 Å². The van der Waals surface area contributed by atoms with Crippen LogP contribution < -0.4 is 5.73 Å². The molecule has 1 aromatic heterocycles. The molecule has 2 aromatic carbocycles. The Morgan fingerprint density at radius 2 is 1.75 bits per heavy atom. The second kappa shape index (κ2) is 8.85. The van der Waals surface area contributed by atoms with Crippen LogP contribution in [0.5, 0.6) is 0 Å². The number of furan rings is 1. The fourth-order valence-electron chi connectivity index (χ4n) is 3.29. The van der Waals surface area contributed by atoms with Crippen molar-refractivity contribution in [3.05, 3.63) is 70.5 Å². The van der Waals surface area contributed by atoms with E-state index in [1.807, 2.05) is 24.3 Å². The van der Waals surface area contributed by atoms with Crippen molar-refractivity contribution in [2.45, 2.75) is 32.6 Å². The van der Waals surface area contributed by atoms with Gasteiger partial charge in [-0.2, -0.15) is 0 Å². The molecule has 28 heavy (non-hydrogen) atoms. The third-order valence-electron chi connectivity index (χ3n) is 4.82. The lowest BCUT2D eigenvalue weighted by molar-refractivity contribution is 0.0600. The second-order valence-electron chi connectivity index (χ2n) is 6.77. The summed E-state index contributed by atoms with van der Waals surface area (Å²) in [5.41, 5.74) is 8.80. The summed E-state index contributed by atoms with van der Waals surface area (Å²) < 4.78 is 10.8. The van der Waals surface area contributed by atoms with E-state index in [-0.39, 0.29) is 5.78 Å². The van der Waals surface area contributed by atoms with E-state index < -0.39 is 5.97 Å². The van der Waals surface area contributed by atoms with E-state index in [9.17, 15) is 9.59 Å². The maximum atomic E-state index is 13.3. The number of carbonyl (C=O) groups is 2. The molecule has 0 aliphatic rings. The van der Waals surface area contributed by atoms with E-state index in [1.165, 1.54) is 7.11 Å². The number of nitrogens with two attached hydrogens (primary N) is 1. The maximum absolute atomic E-state index is 13.3. The predicted octanol–water partition coefficient (Wildman–Crippen LogP) is 4.29. The molecule has 0 aliphatic heterocycles. The van der Waals surface area contributed by atoms with E-state index in [1.54, 1.807) is 18.2 Å². The van der Waals surface area contributed by atoms with E-state index >= 15 is 0 Å². The highest BCUT2D eigenvalue weighted by molar-refractivity contribution is 6.17. The summed E-state index contributed by atoms with van der Waals surface area (Å²) in [4.78, 5) is 25.3. The molecule has 0 bridgehead atoms. The monoisotopic (exact) mass is 379 g/mol. The van der Waals surface area contributed by atoms with Gasteiger partial charge >= 0.3 is 5.97 Å². The molecular weight excluding hydrogens is 354 g/mol. The first-order valence-corrected chi connectivity index (χ1v) is 9.56.